The fraction of sp³-hybridized carbons (Fsp3) is 0.720. The first-order chi connectivity index (χ1) is 14.7. The van der Waals surface area contributed by atoms with Gasteiger partial charge in [-0.3, -0.25) is 4.99 Å². The second-order valence-electron chi connectivity index (χ2n) is 8.98. The van der Waals surface area contributed by atoms with E-state index >= 15 is 0 Å². The van der Waals surface area contributed by atoms with Gasteiger partial charge in [0, 0.05) is 33.3 Å². The Balaban J connectivity index is 1.31. The molecule has 3 rings (SSSR count). The lowest BCUT2D eigenvalue weighted by atomic mass is 10.0. The molecule has 0 bridgehead atoms. The molecule has 1 N–H and O–H groups in total. The van der Waals surface area contributed by atoms with Crippen molar-refractivity contribution in [3.63, 3.8) is 0 Å². The minimum Gasteiger partial charge on any atom is -0.376 e. The summed E-state index contributed by atoms with van der Waals surface area (Å²) in [5.74, 6) is 1.62. The van der Waals surface area contributed by atoms with Gasteiger partial charge in [0.15, 0.2) is 5.96 Å². The molecule has 1 atom stereocenters. The number of nitrogens with one attached hydrogen (secondary N) is 1. The summed E-state index contributed by atoms with van der Waals surface area (Å²) < 4.78 is 11.9. The van der Waals surface area contributed by atoms with E-state index in [0.717, 1.165) is 70.9 Å². The Morgan fingerprint density at radius 1 is 1.17 bits per heavy atom. The Kier molecular flexibility index (Phi) is 9.47. The van der Waals surface area contributed by atoms with Crippen molar-refractivity contribution in [2.45, 2.75) is 76.9 Å². The van der Waals surface area contributed by atoms with Crippen LogP contribution in [-0.2, 0) is 15.9 Å². The number of likely N-dealkylation sites (tertiary alicyclic amines) is 1. The zero-order valence-corrected chi connectivity index (χ0v) is 19.2. The maximum Gasteiger partial charge on any atom is 0.193 e. The minimum absolute atomic E-state index is 0.313. The van der Waals surface area contributed by atoms with Gasteiger partial charge in [-0.1, -0.05) is 38.1 Å². The predicted octanol–water partition coefficient (Wildman–Crippen LogP) is 4.37. The second-order valence-corrected chi connectivity index (χ2v) is 8.98. The van der Waals surface area contributed by atoms with Gasteiger partial charge in [0.25, 0.3) is 0 Å². The number of ether oxygens (including phenoxy) is 2. The highest BCUT2D eigenvalue weighted by Crippen LogP contribution is 2.18. The summed E-state index contributed by atoms with van der Waals surface area (Å²) >= 11 is 0. The Labute approximate surface area is 183 Å². The van der Waals surface area contributed by atoms with Gasteiger partial charge in [-0.2, -0.15) is 0 Å². The smallest absolute Gasteiger partial charge is 0.193 e. The van der Waals surface area contributed by atoms with Crippen LogP contribution in [0.1, 0.15) is 69.4 Å². The quantitative estimate of drug-likeness (QED) is 0.389. The van der Waals surface area contributed by atoms with E-state index in [9.17, 15) is 0 Å². The SMILES string of the molecule is CN=C(NCCCc1ccc(C(C)C)cc1)N1CCC(OCC2CCCCO2)CC1. The molecular formula is C25H41N3O2. The maximum atomic E-state index is 6.14. The van der Waals surface area contributed by atoms with Crippen LogP contribution in [0.15, 0.2) is 29.3 Å². The average Bonchev–Trinajstić information content (AvgIpc) is 2.79. The first-order valence-electron chi connectivity index (χ1n) is 11.9. The zero-order chi connectivity index (χ0) is 21.2. The molecule has 0 aromatic heterocycles. The largest absolute Gasteiger partial charge is 0.376 e. The van der Waals surface area contributed by atoms with Crippen LogP contribution in [0, 0.1) is 0 Å². The first-order valence-corrected chi connectivity index (χ1v) is 11.9. The molecule has 1 aromatic carbocycles. The molecule has 0 amide bonds. The van der Waals surface area contributed by atoms with Crippen molar-refractivity contribution >= 4 is 5.96 Å². The van der Waals surface area contributed by atoms with E-state index in [4.69, 9.17) is 9.47 Å². The highest BCUT2D eigenvalue weighted by atomic mass is 16.5. The summed E-state index contributed by atoms with van der Waals surface area (Å²) in [7, 11) is 1.88. The Morgan fingerprint density at radius 2 is 1.93 bits per heavy atom. The molecule has 0 saturated carbocycles. The van der Waals surface area contributed by atoms with E-state index in [1.165, 1.54) is 24.0 Å². The third kappa shape index (κ3) is 7.28. The van der Waals surface area contributed by atoms with Gasteiger partial charge in [-0.05, 0) is 62.0 Å². The van der Waals surface area contributed by atoms with Crippen LogP contribution in [0.2, 0.25) is 0 Å². The van der Waals surface area contributed by atoms with Crippen LogP contribution in [0.5, 0.6) is 0 Å². The third-order valence-corrected chi connectivity index (χ3v) is 6.32. The van der Waals surface area contributed by atoms with E-state index in [-0.39, 0.29) is 0 Å². The fourth-order valence-corrected chi connectivity index (χ4v) is 4.31. The summed E-state index contributed by atoms with van der Waals surface area (Å²) in [4.78, 5) is 6.87. The van der Waals surface area contributed by atoms with Gasteiger partial charge < -0.3 is 19.7 Å². The number of hydrogen-bond donors (Lipinski definition) is 1. The number of hydrogen-bond acceptors (Lipinski definition) is 3. The van der Waals surface area contributed by atoms with Crippen LogP contribution < -0.4 is 5.32 Å². The fourth-order valence-electron chi connectivity index (χ4n) is 4.31. The van der Waals surface area contributed by atoms with Gasteiger partial charge in [-0.25, -0.2) is 0 Å². The number of aliphatic imine (C=N–C) groups is 1. The van der Waals surface area contributed by atoms with Crippen LogP contribution in [-0.4, -0.2) is 63.0 Å². The number of guanidine groups is 1. The first kappa shape index (κ1) is 23.1. The van der Waals surface area contributed by atoms with Crippen molar-refractivity contribution in [1.29, 1.82) is 0 Å². The van der Waals surface area contributed by atoms with Crippen molar-refractivity contribution in [2.75, 3.05) is 39.9 Å². The predicted molar refractivity (Wildman–Crippen MR) is 124 cm³/mol. The number of piperidine rings is 1. The molecule has 0 aliphatic carbocycles. The molecule has 2 heterocycles. The Bertz CT molecular complexity index is 630. The molecular weight excluding hydrogens is 374 g/mol. The lowest BCUT2D eigenvalue weighted by Gasteiger charge is -2.35. The topological polar surface area (TPSA) is 46.1 Å². The summed E-state index contributed by atoms with van der Waals surface area (Å²) in [6, 6.07) is 9.07. The van der Waals surface area contributed by atoms with E-state index in [0.29, 0.717) is 18.1 Å². The van der Waals surface area contributed by atoms with Crippen LogP contribution >= 0.6 is 0 Å². The molecule has 2 fully saturated rings. The Morgan fingerprint density at radius 3 is 2.57 bits per heavy atom. The lowest BCUT2D eigenvalue weighted by Crippen LogP contribution is -2.47. The molecule has 0 radical (unpaired) electrons. The number of nitrogens with zero attached hydrogens (tertiary/aromatic N) is 2. The van der Waals surface area contributed by atoms with Gasteiger partial charge in [0.05, 0.1) is 18.8 Å². The normalized spacial score (nSPS) is 21.3. The molecule has 30 heavy (non-hydrogen) atoms. The molecule has 5 heteroatoms. The van der Waals surface area contributed by atoms with Gasteiger partial charge in [0.2, 0.25) is 0 Å². The van der Waals surface area contributed by atoms with Crippen LogP contribution in [0.3, 0.4) is 0 Å². The second kappa shape index (κ2) is 12.3. The lowest BCUT2D eigenvalue weighted by molar-refractivity contribution is -0.0721. The standard InChI is InChI=1S/C25H41N3O2/c1-20(2)22-11-9-21(10-12-22)7-6-15-27-25(26-3)28-16-13-23(14-17-28)30-19-24-8-4-5-18-29-24/h9-12,20,23-24H,4-8,13-19H2,1-3H3,(H,26,27). The Hall–Kier alpha value is -1.59. The van der Waals surface area contributed by atoms with Crippen molar-refractivity contribution in [3.8, 4) is 0 Å². The average molecular weight is 416 g/mol. The molecule has 1 unspecified atom stereocenters. The number of aryl methyl sites for hydroxylation is 1. The van der Waals surface area contributed by atoms with E-state index in [1.54, 1.807) is 0 Å². The molecule has 168 valence electrons. The number of rotatable bonds is 8. The molecule has 2 saturated heterocycles. The molecule has 0 spiro atoms. The van der Waals surface area contributed by atoms with E-state index < -0.39 is 0 Å². The number of benzene rings is 1. The van der Waals surface area contributed by atoms with Crippen molar-refractivity contribution in [3.05, 3.63) is 35.4 Å². The molecule has 1 aromatic rings. The summed E-state index contributed by atoms with van der Waals surface area (Å²) in [6.45, 7) is 9.11. The van der Waals surface area contributed by atoms with Crippen LogP contribution in [0.25, 0.3) is 0 Å². The minimum atomic E-state index is 0.313. The van der Waals surface area contributed by atoms with E-state index in [1.807, 2.05) is 7.05 Å². The van der Waals surface area contributed by atoms with E-state index in [2.05, 4.69) is 53.3 Å². The molecule has 2 aliphatic rings. The summed E-state index contributed by atoms with van der Waals surface area (Å²) in [5, 5.41) is 3.55. The van der Waals surface area contributed by atoms with Crippen LogP contribution in [0.4, 0.5) is 0 Å². The maximum absolute atomic E-state index is 6.14. The van der Waals surface area contributed by atoms with Crippen molar-refractivity contribution in [1.82, 2.24) is 10.2 Å². The highest BCUT2D eigenvalue weighted by Gasteiger charge is 2.23. The third-order valence-electron chi connectivity index (χ3n) is 6.32. The molecule has 2 aliphatic heterocycles. The van der Waals surface area contributed by atoms with Gasteiger partial charge in [-0.15, -0.1) is 0 Å². The highest BCUT2D eigenvalue weighted by molar-refractivity contribution is 5.79. The summed E-state index contributed by atoms with van der Waals surface area (Å²) in [5.41, 5.74) is 2.83. The summed E-state index contributed by atoms with van der Waals surface area (Å²) in [6.07, 6.45) is 8.64. The van der Waals surface area contributed by atoms with Gasteiger partial charge in [0.1, 0.15) is 0 Å². The van der Waals surface area contributed by atoms with Gasteiger partial charge >= 0.3 is 0 Å². The van der Waals surface area contributed by atoms with Crippen molar-refractivity contribution < 1.29 is 9.47 Å². The monoisotopic (exact) mass is 415 g/mol. The molecule has 5 nitrogen and oxygen atoms in total. The van der Waals surface area contributed by atoms with Crippen molar-refractivity contribution in [2.24, 2.45) is 4.99 Å². The zero-order valence-electron chi connectivity index (χ0n) is 19.2.